The Balaban J connectivity index is 2.55. The number of carboxylic acids is 1. The van der Waals surface area contributed by atoms with E-state index in [0.29, 0.717) is 12.8 Å². The summed E-state index contributed by atoms with van der Waals surface area (Å²) in [5.74, 6) is -0.591. The van der Waals surface area contributed by atoms with Crippen molar-refractivity contribution >= 4 is 11.9 Å². The van der Waals surface area contributed by atoms with Crippen LogP contribution in [0.15, 0.2) is 24.3 Å². The first kappa shape index (κ1) is 14.0. The van der Waals surface area contributed by atoms with Gasteiger partial charge in [-0.15, -0.1) is 0 Å². The number of aryl methyl sites for hydroxylation is 1. The van der Waals surface area contributed by atoms with E-state index in [9.17, 15) is 9.59 Å². The number of methoxy groups -OCH3 is 1. The fraction of sp³-hybridized carbons (Fsp3) is 0.385. The van der Waals surface area contributed by atoms with Crippen LogP contribution in [0.5, 0.6) is 5.75 Å². The molecule has 0 aliphatic heterocycles. The second-order valence-corrected chi connectivity index (χ2v) is 3.98. The van der Waals surface area contributed by atoms with E-state index >= 15 is 0 Å². The Morgan fingerprint density at radius 2 is 1.94 bits per heavy atom. The number of carbonyl (C=O) groups is 2. The lowest BCUT2D eigenvalue weighted by Crippen LogP contribution is -2.39. The lowest BCUT2D eigenvalue weighted by Gasteiger charge is -2.13. The molecule has 0 aromatic heterocycles. The van der Waals surface area contributed by atoms with Gasteiger partial charge in [-0.1, -0.05) is 12.1 Å². The van der Waals surface area contributed by atoms with Crippen molar-refractivity contribution in [3.8, 4) is 5.75 Å². The Kier molecular flexibility index (Phi) is 5.17. The third kappa shape index (κ3) is 4.45. The van der Waals surface area contributed by atoms with E-state index in [2.05, 4.69) is 5.32 Å². The number of amides is 1. The smallest absolute Gasteiger partial charge is 0.326 e. The van der Waals surface area contributed by atoms with E-state index in [0.717, 1.165) is 11.3 Å². The minimum Gasteiger partial charge on any atom is -0.497 e. The van der Waals surface area contributed by atoms with Gasteiger partial charge in [0.15, 0.2) is 0 Å². The normalized spacial score (nSPS) is 11.7. The molecule has 2 N–H and O–H groups in total. The molecule has 0 fully saturated rings. The van der Waals surface area contributed by atoms with Crippen molar-refractivity contribution < 1.29 is 19.4 Å². The molecule has 1 amide bonds. The second-order valence-electron chi connectivity index (χ2n) is 3.98. The lowest BCUT2D eigenvalue weighted by atomic mass is 10.1. The number of carboxylic acid groups (broad SMARTS) is 1. The predicted octanol–water partition coefficient (Wildman–Crippen LogP) is 1.22. The Morgan fingerprint density at radius 3 is 2.39 bits per heavy atom. The van der Waals surface area contributed by atoms with Gasteiger partial charge in [-0.3, -0.25) is 4.79 Å². The SMILES string of the molecule is COc1ccc(CC[C@@H](NC(C)=O)C(=O)O)cc1. The third-order valence-corrected chi connectivity index (χ3v) is 2.56. The molecule has 0 bridgehead atoms. The molecule has 0 unspecified atom stereocenters. The van der Waals surface area contributed by atoms with Gasteiger partial charge in [0, 0.05) is 6.92 Å². The van der Waals surface area contributed by atoms with Gasteiger partial charge in [0.25, 0.3) is 0 Å². The standard InChI is InChI=1S/C13H17NO4/c1-9(15)14-12(13(16)17)8-5-10-3-6-11(18-2)7-4-10/h3-4,6-7,12H,5,8H2,1-2H3,(H,14,15)(H,16,17)/t12-/m1/s1. The molecule has 1 atom stereocenters. The van der Waals surface area contributed by atoms with Gasteiger partial charge in [0.2, 0.25) is 5.91 Å². The topological polar surface area (TPSA) is 75.6 Å². The summed E-state index contributed by atoms with van der Waals surface area (Å²) in [4.78, 5) is 21.8. The Morgan fingerprint density at radius 1 is 1.33 bits per heavy atom. The molecule has 0 radical (unpaired) electrons. The molecule has 0 aliphatic rings. The van der Waals surface area contributed by atoms with Crippen molar-refractivity contribution in [3.63, 3.8) is 0 Å². The number of rotatable bonds is 6. The summed E-state index contributed by atoms with van der Waals surface area (Å²) in [6, 6.07) is 6.56. The van der Waals surface area contributed by atoms with Gasteiger partial charge in [0.1, 0.15) is 11.8 Å². The quantitative estimate of drug-likeness (QED) is 0.797. The minimum atomic E-state index is -1.02. The number of benzene rings is 1. The van der Waals surface area contributed by atoms with E-state index in [4.69, 9.17) is 9.84 Å². The van der Waals surface area contributed by atoms with Crippen LogP contribution < -0.4 is 10.1 Å². The molecule has 18 heavy (non-hydrogen) atoms. The van der Waals surface area contributed by atoms with Gasteiger partial charge in [-0.05, 0) is 30.5 Å². The first-order chi connectivity index (χ1) is 8.52. The third-order valence-electron chi connectivity index (χ3n) is 2.56. The van der Waals surface area contributed by atoms with Crippen molar-refractivity contribution in [2.75, 3.05) is 7.11 Å². The number of ether oxygens (including phenoxy) is 1. The number of nitrogens with one attached hydrogen (secondary N) is 1. The highest BCUT2D eigenvalue weighted by Gasteiger charge is 2.17. The summed E-state index contributed by atoms with van der Waals surface area (Å²) < 4.78 is 5.03. The van der Waals surface area contributed by atoms with Crippen LogP contribution in [-0.2, 0) is 16.0 Å². The zero-order valence-corrected chi connectivity index (χ0v) is 10.5. The maximum absolute atomic E-state index is 10.9. The van der Waals surface area contributed by atoms with Gasteiger partial charge >= 0.3 is 5.97 Å². The molecule has 0 spiro atoms. The molecular formula is C13H17NO4. The van der Waals surface area contributed by atoms with Crippen LogP contribution in [0, 0.1) is 0 Å². The number of aliphatic carboxylic acids is 1. The van der Waals surface area contributed by atoms with Crippen LogP contribution in [0.25, 0.3) is 0 Å². The van der Waals surface area contributed by atoms with Crippen LogP contribution in [0.2, 0.25) is 0 Å². The van der Waals surface area contributed by atoms with E-state index in [1.165, 1.54) is 6.92 Å². The highest BCUT2D eigenvalue weighted by Crippen LogP contribution is 2.13. The first-order valence-electron chi connectivity index (χ1n) is 5.65. The van der Waals surface area contributed by atoms with Crippen molar-refractivity contribution in [2.24, 2.45) is 0 Å². The minimum absolute atomic E-state index is 0.336. The maximum Gasteiger partial charge on any atom is 0.326 e. The molecule has 5 nitrogen and oxygen atoms in total. The number of hydrogen-bond acceptors (Lipinski definition) is 3. The first-order valence-corrected chi connectivity index (χ1v) is 5.65. The lowest BCUT2D eigenvalue weighted by molar-refractivity contribution is -0.141. The van der Waals surface area contributed by atoms with Crippen molar-refractivity contribution in [2.45, 2.75) is 25.8 Å². The van der Waals surface area contributed by atoms with Crippen LogP contribution in [-0.4, -0.2) is 30.1 Å². The van der Waals surface area contributed by atoms with Crippen molar-refractivity contribution in [1.29, 1.82) is 0 Å². The maximum atomic E-state index is 10.9. The molecule has 1 aromatic carbocycles. The van der Waals surface area contributed by atoms with E-state index in [1.807, 2.05) is 24.3 Å². The predicted molar refractivity (Wildman–Crippen MR) is 66.6 cm³/mol. The molecule has 5 heteroatoms. The summed E-state index contributed by atoms with van der Waals surface area (Å²) in [5, 5.41) is 11.4. The average Bonchev–Trinajstić information content (AvgIpc) is 2.34. The zero-order valence-electron chi connectivity index (χ0n) is 10.5. The molecule has 1 aromatic rings. The largest absolute Gasteiger partial charge is 0.497 e. The Bertz CT molecular complexity index is 414. The van der Waals surface area contributed by atoms with Crippen LogP contribution in [0.1, 0.15) is 18.9 Å². The summed E-state index contributed by atoms with van der Waals surface area (Å²) in [6.45, 7) is 1.31. The Labute approximate surface area is 106 Å². The molecular weight excluding hydrogens is 234 g/mol. The van der Waals surface area contributed by atoms with Crippen LogP contribution in [0.4, 0.5) is 0 Å². The zero-order chi connectivity index (χ0) is 13.5. The fourth-order valence-electron chi connectivity index (χ4n) is 1.61. The molecule has 0 saturated carbocycles. The number of hydrogen-bond donors (Lipinski definition) is 2. The molecule has 0 aliphatic carbocycles. The van der Waals surface area contributed by atoms with Crippen LogP contribution in [0.3, 0.4) is 0 Å². The van der Waals surface area contributed by atoms with Gasteiger partial charge < -0.3 is 15.2 Å². The second kappa shape index (κ2) is 6.64. The van der Waals surface area contributed by atoms with E-state index in [1.54, 1.807) is 7.11 Å². The summed E-state index contributed by atoms with van der Waals surface area (Å²) in [7, 11) is 1.59. The molecule has 0 heterocycles. The summed E-state index contributed by atoms with van der Waals surface area (Å²) in [6.07, 6.45) is 0.947. The highest BCUT2D eigenvalue weighted by atomic mass is 16.5. The van der Waals surface area contributed by atoms with Gasteiger partial charge in [-0.2, -0.15) is 0 Å². The monoisotopic (exact) mass is 251 g/mol. The van der Waals surface area contributed by atoms with Gasteiger partial charge in [0.05, 0.1) is 7.11 Å². The van der Waals surface area contributed by atoms with Crippen molar-refractivity contribution in [3.05, 3.63) is 29.8 Å². The fourth-order valence-corrected chi connectivity index (χ4v) is 1.61. The average molecular weight is 251 g/mol. The van der Waals surface area contributed by atoms with Crippen molar-refractivity contribution in [1.82, 2.24) is 5.32 Å². The molecule has 0 saturated heterocycles. The number of carbonyl (C=O) groups excluding carboxylic acids is 1. The van der Waals surface area contributed by atoms with E-state index < -0.39 is 12.0 Å². The molecule has 98 valence electrons. The highest BCUT2D eigenvalue weighted by molar-refractivity contribution is 5.82. The molecule has 1 rings (SSSR count). The van der Waals surface area contributed by atoms with E-state index in [-0.39, 0.29) is 5.91 Å². The Hall–Kier alpha value is -2.04. The van der Waals surface area contributed by atoms with Crippen LogP contribution >= 0.6 is 0 Å². The van der Waals surface area contributed by atoms with Gasteiger partial charge in [-0.25, -0.2) is 4.79 Å². The summed E-state index contributed by atoms with van der Waals surface area (Å²) >= 11 is 0. The summed E-state index contributed by atoms with van der Waals surface area (Å²) in [5.41, 5.74) is 1.01.